The molecule has 0 aliphatic rings. The highest BCUT2D eigenvalue weighted by atomic mass is 35.5. The van der Waals surface area contributed by atoms with Gasteiger partial charge < -0.3 is 10.7 Å². The van der Waals surface area contributed by atoms with Gasteiger partial charge in [-0.15, -0.1) is 12.4 Å². The van der Waals surface area contributed by atoms with Gasteiger partial charge in [0.05, 0.1) is 11.0 Å². The average molecular weight is 246 g/mol. The molecular weight excluding hydrogens is 234 g/mol. The normalized spacial score (nSPS) is 10.1. The van der Waals surface area contributed by atoms with Gasteiger partial charge in [0, 0.05) is 11.3 Å². The lowest BCUT2D eigenvalue weighted by Gasteiger charge is -2.00. The molecule has 1 aromatic heterocycles. The predicted octanol–water partition coefficient (Wildman–Crippen LogP) is 3.23. The van der Waals surface area contributed by atoms with Crippen molar-refractivity contribution in [1.82, 2.24) is 9.97 Å². The van der Waals surface area contributed by atoms with E-state index in [1.165, 1.54) is 0 Å². The number of benzene rings is 2. The van der Waals surface area contributed by atoms with Crippen LogP contribution in [0.1, 0.15) is 0 Å². The van der Waals surface area contributed by atoms with Gasteiger partial charge in [-0.25, -0.2) is 4.98 Å². The summed E-state index contributed by atoms with van der Waals surface area (Å²) in [5.74, 6) is 0.819. The number of fused-ring (bicyclic) bond motifs is 1. The molecule has 0 unspecified atom stereocenters. The number of para-hydroxylation sites is 3. The summed E-state index contributed by atoms with van der Waals surface area (Å²) in [6.45, 7) is 0. The molecule has 86 valence electrons. The van der Waals surface area contributed by atoms with Crippen molar-refractivity contribution in [3.63, 3.8) is 0 Å². The number of halogens is 1. The van der Waals surface area contributed by atoms with Gasteiger partial charge in [-0.3, -0.25) is 0 Å². The van der Waals surface area contributed by atoms with Crippen molar-refractivity contribution < 1.29 is 0 Å². The third-order valence-electron chi connectivity index (χ3n) is 2.61. The molecule has 3 rings (SSSR count). The second-order valence-corrected chi connectivity index (χ2v) is 3.69. The molecule has 2 aromatic carbocycles. The minimum atomic E-state index is 0. The topological polar surface area (TPSA) is 54.7 Å². The van der Waals surface area contributed by atoms with Crippen LogP contribution in [0.25, 0.3) is 22.4 Å². The van der Waals surface area contributed by atoms with E-state index in [1.54, 1.807) is 0 Å². The fourth-order valence-corrected chi connectivity index (χ4v) is 1.79. The van der Waals surface area contributed by atoms with Crippen molar-refractivity contribution in [3.8, 4) is 11.4 Å². The van der Waals surface area contributed by atoms with Crippen molar-refractivity contribution in [1.29, 1.82) is 0 Å². The second-order valence-electron chi connectivity index (χ2n) is 3.69. The summed E-state index contributed by atoms with van der Waals surface area (Å²) in [7, 11) is 0. The Morgan fingerprint density at radius 2 is 1.65 bits per heavy atom. The van der Waals surface area contributed by atoms with Gasteiger partial charge in [0.1, 0.15) is 5.82 Å². The fourth-order valence-electron chi connectivity index (χ4n) is 1.79. The van der Waals surface area contributed by atoms with Crippen molar-refractivity contribution >= 4 is 29.1 Å². The molecule has 0 bridgehead atoms. The fraction of sp³-hybridized carbons (Fsp3) is 0. The van der Waals surface area contributed by atoms with E-state index < -0.39 is 0 Å². The van der Waals surface area contributed by atoms with E-state index in [2.05, 4.69) is 9.97 Å². The Morgan fingerprint density at radius 1 is 0.941 bits per heavy atom. The lowest BCUT2D eigenvalue weighted by molar-refractivity contribution is 1.34. The predicted molar refractivity (Wildman–Crippen MR) is 73.2 cm³/mol. The summed E-state index contributed by atoms with van der Waals surface area (Å²) in [4.78, 5) is 7.77. The van der Waals surface area contributed by atoms with Gasteiger partial charge in [-0.1, -0.05) is 24.3 Å². The van der Waals surface area contributed by atoms with E-state index in [-0.39, 0.29) is 12.4 Å². The zero-order valence-corrected chi connectivity index (χ0v) is 9.87. The molecule has 0 aliphatic carbocycles. The van der Waals surface area contributed by atoms with Crippen LogP contribution in [0.2, 0.25) is 0 Å². The van der Waals surface area contributed by atoms with E-state index in [9.17, 15) is 0 Å². The van der Waals surface area contributed by atoms with Crippen LogP contribution in [0.15, 0.2) is 48.5 Å². The van der Waals surface area contributed by atoms with Gasteiger partial charge in [-0.05, 0) is 24.3 Å². The van der Waals surface area contributed by atoms with Crippen molar-refractivity contribution in [2.45, 2.75) is 0 Å². The molecule has 0 saturated heterocycles. The minimum Gasteiger partial charge on any atom is -0.398 e. The van der Waals surface area contributed by atoms with Crippen LogP contribution < -0.4 is 5.73 Å². The Morgan fingerprint density at radius 3 is 2.41 bits per heavy atom. The van der Waals surface area contributed by atoms with Gasteiger partial charge >= 0.3 is 0 Å². The molecule has 3 aromatic rings. The number of aromatic nitrogens is 2. The van der Waals surface area contributed by atoms with Crippen LogP contribution in [0.4, 0.5) is 5.69 Å². The van der Waals surface area contributed by atoms with E-state index in [0.717, 1.165) is 28.1 Å². The maximum atomic E-state index is 5.91. The zero-order valence-electron chi connectivity index (χ0n) is 9.05. The molecule has 0 spiro atoms. The maximum Gasteiger partial charge on any atom is 0.140 e. The van der Waals surface area contributed by atoms with Gasteiger partial charge in [0.2, 0.25) is 0 Å². The van der Waals surface area contributed by atoms with Gasteiger partial charge in [-0.2, -0.15) is 0 Å². The third kappa shape index (κ3) is 1.97. The van der Waals surface area contributed by atoms with E-state index in [0.29, 0.717) is 0 Å². The molecule has 1 heterocycles. The van der Waals surface area contributed by atoms with Crippen LogP contribution in [0, 0.1) is 0 Å². The maximum absolute atomic E-state index is 5.91. The number of hydrogen-bond acceptors (Lipinski definition) is 2. The molecule has 3 N–H and O–H groups in total. The molecule has 0 atom stereocenters. The van der Waals surface area contributed by atoms with E-state index in [4.69, 9.17) is 5.73 Å². The number of aromatic amines is 1. The molecule has 4 heteroatoms. The highest BCUT2D eigenvalue weighted by Crippen LogP contribution is 2.24. The summed E-state index contributed by atoms with van der Waals surface area (Å²) < 4.78 is 0. The van der Waals surface area contributed by atoms with Crippen LogP contribution >= 0.6 is 12.4 Å². The van der Waals surface area contributed by atoms with Crippen LogP contribution in [0.5, 0.6) is 0 Å². The first-order valence-electron chi connectivity index (χ1n) is 5.14. The summed E-state index contributed by atoms with van der Waals surface area (Å²) in [5.41, 5.74) is 9.58. The quantitative estimate of drug-likeness (QED) is 0.647. The molecule has 0 radical (unpaired) electrons. The lowest BCUT2D eigenvalue weighted by Crippen LogP contribution is -1.90. The smallest absolute Gasteiger partial charge is 0.140 e. The first kappa shape index (κ1) is 11.5. The standard InChI is InChI=1S/C13H11N3.ClH/c14-10-6-2-1-5-9(10)13-15-11-7-3-4-8-12(11)16-13;/h1-8H,14H2,(H,15,16);1H. The summed E-state index contributed by atoms with van der Waals surface area (Å²) in [6.07, 6.45) is 0. The number of imidazole rings is 1. The first-order chi connectivity index (χ1) is 7.84. The number of nitrogens with zero attached hydrogens (tertiary/aromatic N) is 1. The van der Waals surface area contributed by atoms with Crippen molar-refractivity contribution in [3.05, 3.63) is 48.5 Å². The average Bonchev–Trinajstić information content (AvgIpc) is 2.73. The summed E-state index contributed by atoms with van der Waals surface area (Å²) in [6, 6.07) is 15.7. The minimum absolute atomic E-state index is 0. The van der Waals surface area contributed by atoms with E-state index >= 15 is 0 Å². The molecular formula is C13H12ClN3. The monoisotopic (exact) mass is 245 g/mol. The molecule has 0 fully saturated rings. The number of nitrogens with one attached hydrogen (secondary N) is 1. The van der Waals surface area contributed by atoms with Gasteiger partial charge in [0.25, 0.3) is 0 Å². The Balaban J connectivity index is 0.00000108. The highest BCUT2D eigenvalue weighted by Gasteiger charge is 2.06. The molecule has 0 amide bonds. The highest BCUT2D eigenvalue weighted by molar-refractivity contribution is 5.85. The zero-order chi connectivity index (χ0) is 11.0. The molecule has 0 aliphatic heterocycles. The number of rotatable bonds is 1. The molecule has 17 heavy (non-hydrogen) atoms. The number of hydrogen-bond donors (Lipinski definition) is 2. The van der Waals surface area contributed by atoms with Crippen LogP contribution in [-0.4, -0.2) is 9.97 Å². The Bertz CT molecular complexity index is 613. The van der Waals surface area contributed by atoms with Crippen LogP contribution in [-0.2, 0) is 0 Å². The number of nitrogen functional groups attached to an aromatic ring is 1. The summed E-state index contributed by atoms with van der Waals surface area (Å²) in [5, 5.41) is 0. The van der Waals surface area contributed by atoms with E-state index in [1.807, 2.05) is 48.5 Å². The lowest BCUT2D eigenvalue weighted by atomic mass is 10.2. The Hall–Kier alpha value is -2.00. The largest absolute Gasteiger partial charge is 0.398 e. The number of anilines is 1. The SMILES string of the molecule is Cl.Nc1ccccc1-c1nc2ccccc2[nH]1. The second kappa shape index (κ2) is 4.47. The van der Waals surface area contributed by atoms with Crippen molar-refractivity contribution in [2.24, 2.45) is 0 Å². The van der Waals surface area contributed by atoms with Crippen molar-refractivity contribution in [2.75, 3.05) is 5.73 Å². The third-order valence-corrected chi connectivity index (χ3v) is 2.61. The Kier molecular flexibility index (Phi) is 3.02. The molecule has 0 saturated carbocycles. The number of nitrogens with two attached hydrogens (primary N) is 1. The van der Waals surface area contributed by atoms with Gasteiger partial charge in [0.15, 0.2) is 0 Å². The molecule has 3 nitrogen and oxygen atoms in total. The first-order valence-corrected chi connectivity index (χ1v) is 5.14. The Labute approximate surface area is 105 Å². The number of H-pyrrole nitrogens is 1. The summed E-state index contributed by atoms with van der Waals surface area (Å²) >= 11 is 0. The van der Waals surface area contributed by atoms with Crippen LogP contribution in [0.3, 0.4) is 0 Å².